The molecule has 3 rings (SSSR count). The Morgan fingerprint density at radius 2 is 2.05 bits per heavy atom. The van der Waals surface area contributed by atoms with Gasteiger partial charge in [-0.15, -0.1) is 0 Å². The first-order valence-corrected chi connectivity index (χ1v) is 7.61. The summed E-state index contributed by atoms with van der Waals surface area (Å²) < 4.78 is 13.3. The third-order valence-electron chi connectivity index (χ3n) is 4.39. The van der Waals surface area contributed by atoms with Crippen LogP contribution in [0.3, 0.4) is 0 Å². The number of halogens is 1. The van der Waals surface area contributed by atoms with Crippen LogP contribution in [0.4, 0.5) is 10.2 Å². The van der Waals surface area contributed by atoms with Gasteiger partial charge in [0, 0.05) is 11.9 Å². The first kappa shape index (κ1) is 14.3. The molecule has 3 nitrogen and oxygen atoms in total. The van der Waals surface area contributed by atoms with Crippen LogP contribution in [-0.2, 0) is 0 Å². The van der Waals surface area contributed by atoms with Crippen LogP contribution < -0.4 is 5.32 Å². The molecule has 4 heteroatoms. The monoisotopic (exact) mass is 287 g/mol. The van der Waals surface area contributed by atoms with Crippen LogP contribution in [-0.4, -0.2) is 36.6 Å². The van der Waals surface area contributed by atoms with Gasteiger partial charge in [0.25, 0.3) is 0 Å². The van der Waals surface area contributed by atoms with Crippen molar-refractivity contribution in [1.82, 2.24) is 9.88 Å². The van der Waals surface area contributed by atoms with Gasteiger partial charge in [-0.2, -0.15) is 0 Å². The van der Waals surface area contributed by atoms with E-state index in [2.05, 4.69) is 22.2 Å². The van der Waals surface area contributed by atoms with Gasteiger partial charge in [0.2, 0.25) is 0 Å². The van der Waals surface area contributed by atoms with Crippen LogP contribution in [0.5, 0.6) is 0 Å². The van der Waals surface area contributed by atoms with Crippen LogP contribution in [0.1, 0.15) is 18.4 Å². The lowest BCUT2D eigenvalue weighted by atomic mass is 9.97. The molecule has 0 atom stereocenters. The Morgan fingerprint density at radius 1 is 1.29 bits per heavy atom. The van der Waals surface area contributed by atoms with Gasteiger partial charge in [0.15, 0.2) is 0 Å². The van der Waals surface area contributed by atoms with Crippen molar-refractivity contribution in [2.75, 3.05) is 32.0 Å². The third-order valence-corrected chi connectivity index (χ3v) is 4.39. The van der Waals surface area contributed by atoms with Crippen molar-refractivity contribution in [1.29, 1.82) is 0 Å². The van der Waals surface area contributed by atoms with Gasteiger partial charge in [-0.3, -0.25) is 0 Å². The Morgan fingerprint density at radius 3 is 2.81 bits per heavy atom. The summed E-state index contributed by atoms with van der Waals surface area (Å²) in [5.41, 5.74) is 1.91. The van der Waals surface area contributed by atoms with Crippen molar-refractivity contribution >= 4 is 16.7 Å². The van der Waals surface area contributed by atoms with E-state index >= 15 is 0 Å². The number of aryl methyl sites for hydroxylation is 1. The molecule has 2 aromatic rings. The number of nitrogens with one attached hydrogen (secondary N) is 1. The first-order valence-electron chi connectivity index (χ1n) is 7.61. The zero-order valence-electron chi connectivity index (χ0n) is 12.7. The van der Waals surface area contributed by atoms with Crippen LogP contribution in [0.2, 0.25) is 0 Å². The number of anilines is 1. The normalized spacial score (nSPS) is 17.3. The third kappa shape index (κ3) is 3.32. The summed E-state index contributed by atoms with van der Waals surface area (Å²) in [6.07, 6.45) is 2.47. The number of hydrogen-bond donors (Lipinski definition) is 1. The van der Waals surface area contributed by atoms with Crippen LogP contribution in [0.15, 0.2) is 24.3 Å². The molecule has 112 valence electrons. The standard InChI is InChI=1S/C17H22FN3/c1-12-9-17(19-11-13-5-7-21(2)8-6-13)20-16-4-3-14(18)10-15(12)16/h3-4,9-10,13H,5-8,11H2,1-2H3,(H,19,20). The molecule has 0 unspecified atom stereocenters. The number of rotatable bonds is 3. The number of aromatic nitrogens is 1. The number of likely N-dealkylation sites (tertiary alicyclic amines) is 1. The zero-order chi connectivity index (χ0) is 14.8. The Hall–Kier alpha value is -1.68. The van der Waals surface area contributed by atoms with Gasteiger partial charge >= 0.3 is 0 Å². The van der Waals surface area contributed by atoms with E-state index in [-0.39, 0.29) is 5.82 Å². The molecule has 0 bridgehead atoms. The number of piperidine rings is 1. The molecule has 1 aliphatic heterocycles. The molecule has 0 radical (unpaired) electrons. The number of fused-ring (bicyclic) bond motifs is 1. The van der Waals surface area contributed by atoms with Gasteiger partial charge in [0.1, 0.15) is 11.6 Å². The minimum Gasteiger partial charge on any atom is -0.370 e. The van der Waals surface area contributed by atoms with Gasteiger partial charge < -0.3 is 10.2 Å². The van der Waals surface area contributed by atoms with E-state index in [1.54, 1.807) is 12.1 Å². The van der Waals surface area contributed by atoms with Crippen LogP contribution in [0, 0.1) is 18.7 Å². The predicted octanol–water partition coefficient (Wildman–Crippen LogP) is 3.44. The van der Waals surface area contributed by atoms with Crippen molar-refractivity contribution in [3.05, 3.63) is 35.6 Å². The van der Waals surface area contributed by atoms with E-state index in [4.69, 9.17) is 0 Å². The molecule has 21 heavy (non-hydrogen) atoms. The fourth-order valence-corrected chi connectivity index (χ4v) is 2.97. The Kier molecular flexibility index (Phi) is 4.06. The van der Waals surface area contributed by atoms with Crippen molar-refractivity contribution in [2.45, 2.75) is 19.8 Å². The largest absolute Gasteiger partial charge is 0.370 e. The molecular weight excluding hydrogens is 265 g/mol. The molecule has 0 amide bonds. The Balaban J connectivity index is 1.71. The van der Waals surface area contributed by atoms with Crippen molar-refractivity contribution in [3.8, 4) is 0 Å². The molecule has 1 aliphatic rings. The second kappa shape index (κ2) is 5.98. The summed E-state index contributed by atoms with van der Waals surface area (Å²) in [6.45, 7) is 5.32. The second-order valence-corrected chi connectivity index (χ2v) is 6.11. The molecule has 2 heterocycles. The highest BCUT2D eigenvalue weighted by Gasteiger charge is 2.16. The summed E-state index contributed by atoms with van der Waals surface area (Å²) in [4.78, 5) is 6.97. The molecule has 1 fully saturated rings. The maximum Gasteiger partial charge on any atom is 0.126 e. The van der Waals surface area contributed by atoms with E-state index in [0.717, 1.165) is 28.8 Å². The Labute approximate surface area is 125 Å². The molecular formula is C17H22FN3. The lowest BCUT2D eigenvalue weighted by Gasteiger charge is -2.29. The number of pyridine rings is 1. The van der Waals surface area contributed by atoms with E-state index in [0.29, 0.717) is 5.92 Å². The maximum absolute atomic E-state index is 13.3. The zero-order valence-corrected chi connectivity index (χ0v) is 12.7. The van der Waals surface area contributed by atoms with E-state index in [1.165, 1.54) is 32.0 Å². The molecule has 1 aromatic carbocycles. The molecule has 0 saturated carbocycles. The van der Waals surface area contributed by atoms with Gasteiger partial charge in [-0.05, 0) is 75.6 Å². The highest BCUT2D eigenvalue weighted by molar-refractivity contribution is 5.83. The van der Waals surface area contributed by atoms with E-state index < -0.39 is 0 Å². The number of hydrogen-bond acceptors (Lipinski definition) is 3. The second-order valence-electron chi connectivity index (χ2n) is 6.11. The minimum atomic E-state index is -0.209. The summed E-state index contributed by atoms with van der Waals surface area (Å²) in [5.74, 6) is 1.40. The van der Waals surface area contributed by atoms with Gasteiger partial charge in [0.05, 0.1) is 5.52 Å². The van der Waals surface area contributed by atoms with Crippen LogP contribution in [0.25, 0.3) is 10.9 Å². The average molecular weight is 287 g/mol. The van der Waals surface area contributed by atoms with E-state index in [9.17, 15) is 4.39 Å². The van der Waals surface area contributed by atoms with Crippen LogP contribution >= 0.6 is 0 Å². The minimum absolute atomic E-state index is 0.209. The summed E-state index contributed by atoms with van der Waals surface area (Å²) in [6, 6.07) is 6.78. The lowest BCUT2D eigenvalue weighted by Crippen LogP contribution is -2.33. The number of nitrogens with zero attached hydrogens (tertiary/aromatic N) is 2. The first-order chi connectivity index (χ1) is 10.1. The molecule has 0 spiro atoms. The molecule has 1 N–H and O–H groups in total. The molecule has 1 saturated heterocycles. The summed E-state index contributed by atoms with van der Waals surface area (Å²) in [7, 11) is 2.18. The topological polar surface area (TPSA) is 28.2 Å². The fraction of sp³-hybridized carbons (Fsp3) is 0.471. The summed E-state index contributed by atoms with van der Waals surface area (Å²) in [5, 5.41) is 4.34. The SMILES string of the molecule is Cc1cc(NCC2CCN(C)CC2)nc2ccc(F)cc12. The highest BCUT2D eigenvalue weighted by atomic mass is 19.1. The number of benzene rings is 1. The van der Waals surface area contributed by atoms with Gasteiger partial charge in [-0.1, -0.05) is 0 Å². The van der Waals surface area contributed by atoms with Crippen molar-refractivity contribution in [2.24, 2.45) is 5.92 Å². The molecule has 1 aromatic heterocycles. The van der Waals surface area contributed by atoms with Crippen molar-refractivity contribution in [3.63, 3.8) is 0 Å². The smallest absolute Gasteiger partial charge is 0.126 e. The fourth-order valence-electron chi connectivity index (χ4n) is 2.97. The predicted molar refractivity (Wildman–Crippen MR) is 85.1 cm³/mol. The highest BCUT2D eigenvalue weighted by Crippen LogP contribution is 2.22. The average Bonchev–Trinajstić information content (AvgIpc) is 2.47. The maximum atomic E-state index is 13.3. The lowest BCUT2D eigenvalue weighted by molar-refractivity contribution is 0.226. The Bertz CT molecular complexity index is 633. The quantitative estimate of drug-likeness (QED) is 0.937. The van der Waals surface area contributed by atoms with Gasteiger partial charge in [-0.25, -0.2) is 9.37 Å². The van der Waals surface area contributed by atoms with E-state index in [1.807, 2.05) is 13.0 Å². The molecule has 0 aliphatic carbocycles. The summed E-state index contributed by atoms with van der Waals surface area (Å²) >= 11 is 0. The van der Waals surface area contributed by atoms with Crippen molar-refractivity contribution < 1.29 is 4.39 Å².